The van der Waals surface area contributed by atoms with E-state index in [9.17, 15) is 14.7 Å². The summed E-state index contributed by atoms with van der Waals surface area (Å²) in [5, 5.41) is 23.0. The number of H-pyrrole nitrogens is 1. The Bertz CT molecular complexity index is 1230. The second-order valence-electron chi connectivity index (χ2n) is 10.0. The first kappa shape index (κ1) is 26.5. The van der Waals surface area contributed by atoms with E-state index in [1.165, 1.54) is 6.20 Å². The lowest BCUT2D eigenvalue weighted by Crippen LogP contribution is -2.48. The molecule has 2 aromatic heterocycles. The Labute approximate surface area is 215 Å². The summed E-state index contributed by atoms with van der Waals surface area (Å²) in [6, 6.07) is 6.61. The molecule has 1 saturated carbocycles. The van der Waals surface area contributed by atoms with E-state index in [1.807, 2.05) is 34.6 Å². The molecule has 1 aromatic carbocycles. The zero-order valence-corrected chi connectivity index (χ0v) is 21.7. The Morgan fingerprint density at radius 1 is 1.11 bits per heavy atom. The number of aliphatic hydroxyl groups excluding tert-OH is 1. The Morgan fingerprint density at radius 3 is 2.51 bits per heavy atom. The van der Waals surface area contributed by atoms with Crippen molar-refractivity contribution in [2.24, 2.45) is 11.8 Å². The fourth-order valence-corrected chi connectivity index (χ4v) is 3.94. The number of benzene rings is 1. The van der Waals surface area contributed by atoms with Gasteiger partial charge in [-0.2, -0.15) is 5.10 Å². The fraction of sp³-hybridized carbons (Fsp3) is 0.500. The van der Waals surface area contributed by atoms with Crippen molar-refractivity contribution < 1.29 is 23.8 Å². The Balaban J connectivity index is 1.45. The summed E-state index contributed by atoms with van der Waals surface area (Å²) in [6.07, 6.45) is 2.24. The summed E-state index contributed by atoms with van der Waals surface area (Å²) in [5.41, 5.74) is 1.26. The number of hydrogen-bond acceptors (Lipinski definition) is 8. The van der Waals surface area contributed by atoms with Crippen molar-refractivity contribution in [2.75, 3.05) is 0 Å². The van der Waals surface area contributed by atoms with E-state index in [-0.39, 0.29) is 41.4 Å². The van der Waals surface area contributed by atoms with E-state index in [4.69, 9.17) is 9.15 Å². The number of rotatable bonds is 11. The Hall–Kier alpha value is -3.57. The first-order valence-electron chi connectivity index (χ1n) is 12.6. The maximum atomic E-state index is 12.8. The average Bonchev–Trinajstić information content (AvgIpc) is 3.37. The van der Waals surface area contributed by atoms with Crippen LogP contribution in [0.1, 0.15) is 68.6 Å². The van der Waals surface area contributed by atoms with Crippen LogP contribution in [0.25, 0.3) is 22.8 Å². The molecule has 11 heteroatoms. The maximum absolute atomic E-state index is 12.8. The third-order valence-corrected chi connectivity index (χ3v) is 6.22. The number of nitrogens with zero attached hydrogens (tertiary/aromatic N) is 3. The molecule has 1 fully saturated rings. The van der Waals surface area contributed by atoms with Crippen molar-refractivity contribution >= 4 is 11.8 Å². The lowest BCUT2D eigenvalue weighted by molar-refractivity contribution is -0.148. The first-order valence-corrected chi connectivity index (χ1v) is 12.6. The van der Waals surface area contributed by atoms with Gasteiger partial charge in [-0.25, -0.2) is 9.97 Å². The van der Waals surface area contributed by atoms with Gasteiger partial charge in [0.15, 0.2) is 12.1 Å². The van der Waals surface area contributed by atoms with E-state index in [0.29, 0.717) is 22.9 Å². The molecular formula is C26H34N6O5. The molecule has 2 heterocycles. The zero-order chi connectivity index (χ0) is 26.7. The van der Waals surface area contributed by atoms with Gasteiger partial charge >= 0.3 is 0 Å². The van der Waals surface area contributed by atoms with Gasteiger partial charge < -0.3 is 24.9 Å². The van der Waals surface area contributed by atoms with Gasteiger partial charge in [0, 0.05) is 17.2 Å². The predicted octanol–water partition coefficient (Wildman–Crippen LogP) is 3.15. The van der Waals surface area contributed by atoms with Crippen LogP contribution >= 0.6 is 0 Å². The zero-order valence-electron chi connectivity index (χ0n) is 21.7. The number of oxazole rings is 1. The highest BCUT2D eigenvalue weighted by atomic mass is 16.6. The van der Waals surface area contributed by atoms with Crippen molar-refractivity contribution in [3.8, 4) is 22.8 Å². The largest absolute Gasteiger partial charge is 0.431 e. The lowest BCUT2D eigenvalue weighted by atomic mass is 10.0. The molecule has 1 aliphatic carbocycles. The standard InChI is InChI=1S/C26H34N6O5/c1-13(2)20(26(35)36-14(3)4)29-23(33)19-12-27-25(37-19)18-8-6-7-17(11-18)21-30-22(32-31-21)24(34)28-15(5)16-9-10-16/h6-8,11-16,20,26,35H,9-10H2,1-5H3,(H,28,34)(H,29,33)(H,30,31,32)/t15-,20-,26?/m0/s1. The minimum absolute atomic E-state index is 0.00411. The number of ether oxygens (including phenoxy) is 1. The molecule has 198 valence electrons. The molecule has 0 saturated heterocycles. The number of amides is 2. The molecule has 0 spiro atoms. The smallest absolute Gasteiger partial charge is 0.289 e. The van der Waals surface area contributed by atoms with E-state index in [2.05, 4.69) is 30.8 Å². The third kappa shape index (κ3) is 6.60. The van der Waals surface area contributed by atoms with E-state index in [0.717, 1.165) is 12.8 Å². The maximum Gasteiger partial charge on any atom is 0.289 e. The van der Waals surface area contributed by atoms with Crippen molar-refractivity contribution in [1.29, 1.82) is 0 Å². The van der Waals surface area contributed by atoms with Gasteiger partial charge in [0.2, 0.25) is 17.5 Å². The van der Waals surface area contributed by atoms with Crippen LogP contribution in [-0.4, -0.2) is 61.6 Å². The SMILES string of the molecule is CC(C)OC(O)[C@@H](NC(=O)c1cnc(-c2cccc(-c3n[nH]c(C(=O)N[C@@H](C)C4CC4)n3)c2)o1)C(C)C. The average molecular weight is 511 g/mol. The van der Waals surface area contributed by atoms with Crippen LogP contribution in [0, 0.1) is 11.8 Å². The van der Waals surface area contributed by atoms with E-state index >= 15 is 0 Å². The van der Waals surface area contributed by atoms with Gasteiger partial charge in [0.25, 0.3) is 11.8 Å². The number of carbonyl (C=O) groups is 2. The molecule has 1 unspecified atom stereocenters. The highest BCUT2D eigenvalue weighted by molar-refractivity contribution is 5.92. The predicted molar refractivity (Wildman–Crippen MR) is 135 cm³/mol. The molecule has 1 aliphatic rings. The van der Waals surface area contributed by atoms with Crippen LogP contribution in [0.2, 0.25) is 0 Å². The number of aromatic amines is 1. The quantitative estimate of drug-likeness (QED) is 0.287. The molecule has 3 atom stereocenters. The number of aromatic nitrogens is 4. The first-order chi connectivity index (χ1) is 17.6. The summed E-state index contributed by atoms with van der Waals surface area (Å²) < 4.78 is 11.2. The fourth-order valence-electron chi connectivity index (χ4n) is 3.94. The monoisotopic (exact) mass is 510 g/mol. The lowest BCUT2D eigenvalue weighted by Gasteiger charge is -2.28. The van der Waals surface area contributed by atoms with Gasteiger partial charge in [-0.1, -0.05) is 26.0 Å². The summed E-state index contributed by atoms with van der Waals surface area (Å²) in [6.45, 7) is 9.36. The molecule has 0 aliphatic heterocycles. The van der Waals surface area contributed by atoms with Crippen molar-refractivity contribution in [2.45, 2.75) is 71.9 Å². The summed E-state index contributed by atoms with van der Waals surface area (Å²) in [4.78, 5) is 33.8. The van der Waals surface area contributed by atoms with Crippen molar-refractivity contribution in [3.05, 3.63) is 42.0 Å². The van der Waals surface area contributed by atoms with Gasteiger partial charge in [-0.3, -0.25) is 14.7 Å². The third-order valence-electron chi connectivity index (χ3n) is 6.22. The highest BCUT2D eigenvalue weighted by Gasteiger charge is 2.30. The molecule has 37 heavy (non-hydrogen) atoms. The van der Waals surface area contributed by atoms with E-state index < -0.39 is 18.2 Å². The topological polar surface area (TPSA) is 155 Å². The van der Waals surface area contributed by atoms with Gasteiger partial charge in [-0.05, 0) is 57.6 Å². The normalized spacial score (nSPS) is 16.0. The van der Waals surface area contributed by atoms with Gasteiger partial charge in [0.05, 0.1) is 18.3 Å². The number of carbonyl (C=O) groups excluding carboxylic acids is 2. The molecule has 4 N–H and O–H groups in total. The molecule has 2 amide bonds. The molecule has 0 radical (unpaired) electrons. The highest BCUT2D eigenvalue weighted by Crippen LogP contribution is 2.32. The van der Waals surface area contributed by atoms with Crippen LogP contribution in [-0.2, 0) is 4.74 Å². The minimum Gasteiger partial charge on any atom is -0.431 e. The second kappa shape index (κ2) is 11.2. The van der Waals surface area contributed by atoms with E-state index in [1.54, 1.807) is 24.3 Å². The Morgan fingerprint density at radius 2 is 1.84 bits per heavy atom. The number of nitrogens with one attached hydrogen (secondary N) is 3. The molecule has 3 aromatic rings. The van der Waals surface area contributed by atoms with Crippen molar-refractivity contribution in [3.63, 3.8) is 0 Å². The van der Waals surface area contributed by atoms with Crippen LogP contribution in [0.15, 0.2) is 34.9 Å². The van der Waals surface area contributed by atoms with Crippen LogP contribution < -0.4 is 10.6 Å². The summed E-state index contributed by atoms with van der Waals surface area (Å²) >= 11 is 0. The molecule has 4 rings (SSSR count). The number of hydrogen-bond donors (Lipinski definition) is 4. The number of aliphatic hydroxyl groups is 1. The van der Waals surface area contributed by atoms with Gasteiger partial charge in [0.1, 0.15) is 0 Å². The minimum atomic E-state index is -1.16. The van der Waals surface area contributed by atoms with Crippen LogP contribution in [0.3, 0.4) is 0 Å². The molecule has 11 nitrogen and oxygen atoms in total. The van der Waals surface area contributed by atoms with Crippen molar-refractivity contribution in [1.82, 2.24) is 30.8 Å². The second-order valence-corrected chi connectivity index (χ2v) is 10.0. The van der Waals surface area contributed by atoms with Crippen LogP contribution in [0.5, 0.6) is 0 Å². The summed E-state index contributed by atoms with van der Waals surface area (Å²) in [7, 11) is 0. The Kier molecular flexibility index (Phi) is 8.03. The van der Waals surface area contributed by atoms with Gasteiger partial charge in [-0.15, -0.1) is 0 Å². The molecule has 0 bridgehead atoms. The summed E-state index contributed by atoms with van der Waals surface area (Å²) in [5.74, 6) is 0.392. The van der Waals surface area contributed by atoms with Crippen LogP contribution in [0.4, 0.5) is 0 Å². The molecular weight excluding hydrogens is 476 g/mol.